The average molecular weight is 264 g/mol. The molecule has 2 unspecified atom stereocenters. The van der Waals surface area contributed by atoms with Crippen molar-refractivity contribution in [1.82, 2.24) is 10.6 Å². The van der Waals surface area contributed by atoms with Crippen LogP contribution in [0.15, 0.2) is 30.3 Å². The first-order chi connectivity index (χ1) is 8.83. The minimum Gasteiger partial charge on any atom is -0.388 e. The second kappa shape index (κ2) is 6.57. The Hall–Kier alpha value is -1.55. The van der Waals surface area contributed by atoms with Gasteiger partial charge in [0.15, 0.2) is 0 Å². The lowest BCUT2D eigenvalue weighted by molar-refractivity contribution is 0.0165. The summed E-state index contributed by atoms with van der Waals surface area (Å²) in [4.78, 5) is 11.8. The van der Waals surface area contributed by atoms with Crippen molar-refractivity contribution >= 4 is 6.03 Å². The molecule has 2 amide bonds. The van der Waals surface area contributed by atoms with Crippen molar-refractivity contribution in [2.24, 2.45) is 5.92 Å². The van der Waals surface area contributed by atoms with Gasteiger partial charge in [0.2, 0.25) is 0 Å². The van der Waals surface area contributed by atoms with E-state index >= 15 is 0 Å². The molecule has 0 aliphatic heterocycles. The molecule has 0 aliphatic rings. The lowest BCUT2D eigenvalue weighted by Crippen LogP contribution is -2.47. The van der Waals surface area contributed by atoms with E-state index < -0.39 is 5.60 Å². The molecule has 0 bridgehead atoms. The first-order valence-electron chi connectivity index (χ1n) is 6.64. The number of hydrogen-bond acceptors (Lipinski definition) is 2. The quantitative estimate of drug-likeness (QED) is 0.765. The van der Waals surface area contributed by atoms with Crippen LogP contribution in [0.4, 0.5) is 4.79 Å². The van der Waals surface area contributed by atoms with Crippen LogP contribution < -0.4 is 10.6 Å². The number of aliphatic hydroxyl groups is 1. The maximum atomic E-state index is 11.8. The summed E-state index contributed by atoms with van der Waals surface area (Å²) in [6, 6.07) is 9.42. The molecule has 0 fully saturated rings. The molecule has 1 aromatic rings. The molecule has 2 atom stereocenters. The Kier molecular flexibility index (Phi) is 5.36. The molecule has 106 valence electrons. The SMILES string of the molecule is CC(NC(=O)NCC(C)(O)C(C)C)c1ccccc1. The van der Waals surface area contributed by atoms with Crippen LogP contribution in [0, 0.1) is 5.92 Å². The lowest BCUT2D eigenvalue weighted by atomic mass is 9.93. The second-order valence-corrected chi connectivity index (χ2v) is 5.47. The zero-order valence-corrected chi connectivity index (χ0v) is 12.1. The minimum absolute atomic E-state index is 0.0646. The fraction of sp³-hybridized carbons (Fsp3) is 0.533. The van der Waals surface area contributed by atoms with Gasteiger partial charge in [-0.15, -0.1) is 0 Å². The van der Waals surface area contributed by atoms with Crippen LogP contribution in [0.5, 0.6) is 0 Å². The van der Waals surface area contributed by atoms with Gasteiger partial charge < -0.3 is 15.7 Å². The third kappa shape index (κ3) is 4.91. The minimum atomic E-state index is -0.896. The number of urea groups is 1. The molecule has 1 rings (SSSR count). The van der Waals surface area contributed by atoms with Crippen molar-refractivity contribution < 1.29 is 9.90 Å². The molecule has 4 heteroatoms. The molecule has 0 saturated heterocycles. The summed E-state index contributed by atoms with van der Waals surface area (Å²) in [5, 5.41) is 15.6. The van der Waals surface area contributed by atoms with Crippen molar-refractivity contribution in [3.8, 4) is 0 Å². The van der Waals surface area contributed by atoms with Gasteiger partial charge in [0.25, 0.3) is 0 Å². The van der Waals surface area contributed by atoms with Gasteiger partial charge in [-0.05, 0) is 25.3 Å². The number of amides is 2. The standard InChI is InChI=1S/C15H24N2O2/c1-11(2)15(4,19)10-16-14(18)17-12(3)13-8-6-5-7-9-13/h5-9,11-12,19H,10H2,1-4H3,(H2,16,17,18). The number of benzene rings is 1. The molecule has 1 aromatic carbocycles. The van der Waals surface area contributed by atoms with Crippen LogP contribution in [-0.4, -0.2) is 23.3 Å². The number of nitrogens with one attached hydrogen (secondary N) is 2. The van der Waals surface area contributed by atoms with Gasteiger partial charge in [-0.3, -0.25) is 0 Å². The Labute approximate surface area is 115 Å². The Morgan fingerprint density at radius 3 is 2.37 bits per heavy atom. The highest BCUT2D eigenvalue weighted by Gasteiger charge is 2.25. The monoisotopic (exact) mass is 264 g/mol. The van der Waals surface area contributed by atoms with E-state index in [1.165, 1.54) is 0 Å². The molecule has 3 N–H and O–H groups in total. The molecular weight excluding hydrogens is 240 g/mol. The number of hydrogen-bond donors (Lipinski definition) is 3. The zero-order chi connectivity index (χ0) is 14.5. The zero-order valence-electron chi connectivity index (χ0n) is 12.1. The van der Waals surface area contributed by atoms with Crippen molar-refractivity contribution in [3.63, 3.8) is 0 Å². The fourth-order valence-electron chi connectivity index (χ4n) is 1.54. The fourth-order valence-corrected chi connectivity index (χ4v) is 1.54. The van der Waals surface area contributed by atoms with E-state index in [0.717, 1.165) is 5.56 Å². The maximum Gasteiger partial charge on any atom is 0.315 e. The van der Waals surface area contributed by atoms with E-state index in [0.29, 0.717) is 0 Å². The van der Waals surface area contributed by atoms with E-state index in [2.05, 4.69) is 10.6 Å². The van der Waals surface area contributed by atoms with Gasteiger partial charge in [0.1, 0.15) is 0 Å². The summed E-state index contributed by atoms with van der Waals surface area (Å²) < 4.78 is 0. The van der Waals surface area contributed by atoms with Crippen LogP contribution in [0.3, 0.4) is 0 Å². The Bertz CT molecular complexity index is 402. The average Bonchev–Trinajstić information content (AvgIpc) is 2.37. The van der Waals surface area contributed by atoms with E-state index in [1.807, 2.05) is 51.1 Å². The first-order valence-corrected chi connectivity index (χ1v) is 6.64. The van der Waals surface area contributed by atoms with Crippen LogP contribution in [0.25, 0.3) is 0 Å². The largest absolute Gasteiger partial charge is 0.388 e. The van der Waals surface area contributed by atoms with Crippen molar-refractivity contribution in [2.45, 2.75) is 39.3 Å². The normalized spacial score (nSPS) is 15.7. The van der Waals surface area contributed by atoms with E-state index in [9.17, 15) is 9.90 Å². The molecule has 19 heavy (non-hydrogen) atoms. The summed E-state index contributed by atoms with van der Waals surface area (Å²) in [7, 11) is 0. The first kappa shape index (κ1) is 15.5. The smallest absolute Gasteiger partial charge is 0.315 e. The summed E-state index contributed by atoms with van der Waals surface area (Å²) in [5.74, 6) is 0.0827. The van der Waals surface area contributed by atoms with Gasteiger partial charge in [-0.2, -0.15) is 0 Å². The molecule has 0 aromatic heterocycles. The van der Waals surface area contributed by atoms with Gasteiger partial charge in [0.05, 0.1) is 11.6 Å². The predicted molar refractivity (Wildman–Crippen MR) is 76.9 cm³/mol. The maximum absolute atomic E-state index is 11.8. The second-order valence-electron chi connectivity index (χ2n) is 5.47. The highest BCUT2D eigenvalue weighted by molar-refractivity contribution is 5.74. The van der Waals surface area contributed by atoms with Crippen LogP contribution in [-0.2, 0) is 0 Å². The van der Waals surface area contributed by atoms with Gasteiger partial charge in [-0.25, -0.2) is 4.79 Å². The summed E-state index contributed by atoms with van der Waals surface area (Å²) in [5.41, 5.74) is 0.154. The van der Waals surface area contributed by atoms with Crippen molar-refractivity contribution in [1.29, 1.82) is 0 Å². The van der Waals surface area contributed by atoms with E-state index in [4.69, 9.17) is 0 Å². The molecule has 4 nitrogen and oxygen atoms in total. The summed E-state index contributed by atoms with van der Waals surface area (Å²) >= 11 is 0. The van der Waals surface area contributed by atoms with Crippen molar-refractivity contribution in [2.75, 3.05) is 6.54 Å². The van der Waals surface area contributed by atoms with Crippen LogP contribution in [0.2, 0.25) is 0 Å². The van der Waals surface area contributed by atoms with E-state index in [-0.39, 0.29) is 24.5 Å². The molecular formula is C15H24N2O2. The van der Waals surface area contributed by atoms with Gasteiger partial charge >= 0.3 is 6.03 Å². The third-order valence-corrected chi connectivity index (χ3v) is 3.50. The van der Waals surface area contributed by atoms with Gasteiger partial charge in [0, 0.05) is 6.54 Å². The van der Waals surface area contributed by atoms with Gasteiger partial charge in [-0.1, -0.05) is 44.2 Å². The number of carbonyl (C=O) groups is 1. The summed E-state index contributed by atoms with van der Waals surface area (Å²) in [6.45, 7) is 7.73. The van der Waals surface area contributed by atoms with Crippen LogP contribution >= 0.6 is 0 Å². The molecule has 0 saturated carbocycles. The predicted octanol–water partition coefficient (Wildman–Crippen LogP) is 2.45. The highest BCUT2D eigenvalue weighted by Crippen LogP contribution is 2.14. The molecule has 0 spiro atoms. The van der Waals surface area contributed by atoms with E-state index in [1.54, 1.807) is 6.92 Å². The lowest BCUT2D eigenvalue weighted by Gasteiger charge is -2.28. The number of rotatable bonds is 5. The van der Waals surface area contributed by atoms with Crippen LogP contribution in [0.1, 0.15) is 39.3 Å². The molecule has 0 heterocycles. The highest BCUT2D eigenvalue weighted by atomic mass is 16.3. The van der Waals surface area contributed by atoms with Crippen molar-refractivity contribution in [3.05, 3.63) is 35.9 Å². The Balaban J connectivity index is 2.44. The molecule has 0 aliphatic carbocycles. The molecule has 0 radical (unpaired) electrons. The number of carbonyl (C=O) groups excluding carboxylic acids is 1. The Morgan fingerprint density at radius 1 is 1.26 bits per heavy atom. The third-order valence-electron chi connectivity index (χ3n) is 3.50. The topological polar surface area (TPSA) is 61.4 Å². The Morgan fingerprint density at radius 2 is 1.84 bits per heavy atom. The summed E-state index contributed by atoms with van der Waals surface area (Å²) in [6.07, 6.45) is 0.